The summed E-state index contributed by atoms with van der Waals surface area (Å²) in [5.74, 6) is 0.648. The summed E-state index contributed by atoms with van der Waals surface area (Å²) in [4.78, 5) is 19.1. The molecule has 0 aliphatic carbocycles. The number of carbonyl (C=O) groups is 1. The van der Waals surface area contributed by atoms with Crippen LogP contribution in [-0.4, -0.2) is 22.6 Å². The molecule has 0 atom stereocenters. The Balaban J connectivity index is 1.74. The Morgan fingerprint density at radius 1 is 1.11 bits per heavy atom. The Morgan fingerprint density at radius 3 is 2.61 bits per heavy atom. The minimum absolute atomic E-state index is 0.114. The standard InChI is InChI=1S/C22H21N3O2S/c1-14-10-11-15(2)25(14)19-17-8-6-12-23-22(17)28-20(19)21(26)24-13-16-7-4-5-9-18(16)27-3/h4-12H,13H2,1-3H3,(H,24,26). The minimum atomic E-state index is -0.114. The van der Waals surface area contributed by atoms with E-state index in [0.717, 1.165) is 38.6 Å². The number of thiophene rings is 1. The van der Waals surface area contributed by atoms with Gasteiger partial charge in [-0.05, 0) is 44.2 Å². The first-order valence-electron chi connectivity index (χ1n) is 9.03. The van der Waals surface area contributed by atoms with Crippen molar-refractivity contribution in [1.29, 1.82) is 0 Å². The van der Waals surface area contributed by atoms with Gasteiger partial charge in [-0.25, -0.2) is 4.98 Å². The highest BCUT2D eigenvalue weighted by molar-refractivity contribution is 7.21. The Morgan fingerprint density at radius 2 is 1.86 bits per heavy atom. The van der Waals surface area contributed by atoms with Crippen molar-refractivity contribution in [3.05, 3.63) is 76.6 Å². The lowest BCUT2D eigenvalue weighted by Crippen LogP contribution is -2.23. The minimum Gasteiger partial charge on any atom is -0.496 e. The van der Waals surface area contributed by atoms with E-state index in [1.807, 2.05) is 50.2 Å². The lowest BCUT2D eigenvalue weighted by atomic mass is 10.2. The molecule has 0 aliphatic rings. The average molecular weight is 391 g/mol. The maximum absolute atomic E-state index is 13.1. The van der Waals surface area contributed by atoms with E-state index in [-0.39, 0.29) is 5.91 Å². The molecule has 0 bridgehead atoms. The summed E-state index contributed by atoms with van der Waals surface area (Å²) in [6.45, 7) is 4.49. The normalized spacial score (nSPS) is 11.0. The molecule has 5 nitrogen and oxygen atoms in total. The van der Waals surface area contributed by atoms with Crippen LogP contribution in [0, 0.1) is 13.8 Å². The van der Waals surface area contributed by atoms with Crippen LogP contribution in [-0.2, 0) is 6.54 Å². The molecule has 0 spiro atoms. The van der Waals surface area contributed by atoms with Gasteiger partial charge in [0.1, 0.15) is 15.5 Å². The molecule has 28 heavy (non-hydrogen) atoms. The zero-order valence-electron chi connectivity index (χ0n) is 16.0. The second-order valence-electron chi connectivity index (χ2n) is 6.58. The van der Waals surface area contributed by atoms with Gasteiger partial charge < -0.3 is 14.6 Å². The summed E-state index contributed by atoms with van der Waals surface area (Å²) in [5.41, 5.74) is 4.00. The number of para-hydroxylation sites is 1. The smallest absolute Gasteiger partial charge is 0.263 e. The van der Waals surface area contributed by atoms with Crippen LogP contribution in [0.15, 0.2) is 54.7 Å². The van der Waals surface area contributed by atoms with E-state index < -0.39 is 0 Å². The largest absolute Gasteiger partial charge is 0.496 e. The first-order valence-corrected chi connectivity index (χ1v) is 9.84. The number of rotatable bonds is 5. The highest BCUT2D eigenvalue weighted by Crippen LogP contribution is 2.35. The summed E-state index contributed by atoms with van der Waals surface area (Å²) in [6.07, 6.45) is 1.76. The molecule has 0 fully saturated rings. The number of carbonyl (C=O) groups excluding carboxylic acids is 1. The second-order valence-corrected chi connectivity index (χ2v) is 7.58. The van der Waals surface area contributed by atoms with Gasteiger partial charge in [0.15, 0.2) is 0 Å². The molecule has 0 unspecified atom stereocenters. The molecule has 0 radical (unpaired) electrons. The predicted octanol–water partition coefficient (Wildman–Crippen LogP) is 4.64. The van der Waals surface area contributed by atoms with Gasteiger partial charge in [0.05, 0.1) is 12.8 Å². The first-order chi connectivity index (χ1) is 13.6. The Hall–Kier alpha value is -3.12. The molecule has 0 aliphatic heterocycles. The van der Waals surface area contributed by atoms with E-state index in [1.165, 1.54) is 11.3 Å². The van der Waals surface area contributed by atoms with E-state index in [4.69, 9.17) is 4.74 Å². The summed E-state index contributed by atoms with van der Waals surface area (Å²) < 4.78 is 7.51. The molecular weight excluding hydrogens is 370 g/mol. The monoisotopic (exact) mass is 391 g/mol. The lowest BCUT2D eigenvalue weighted by Gasteiger charge is -2.13. The number of nitrogens with one attached hydrogen (secondary N) is 1. The first kappa shape index (κ1) is 18.3. The molecule has 3 aromatic heterocycles. The zero-order chi connectivity index (χ0) is 19.7. The van der Waals surface area contributed by atoms with Crippen molar-refractivity contribution in [3.63, 3.8) is 0 Å². The number of nitrogens with zero attached hydrogens (tertiary/aromatic N) is 2. The predicted molar refractivity (Wildman–Crippen MR) is 113 cm³/mol. The van der Waals surface area contributed by atoms with E-state index in [0.29, 0.717) is 11.4 Å². The average Bonchev–Trinajstić information content (AvgIpc) is 3.25. The molecule has 1 aromatic carbocycles. The Kier molecular flexibility index (Phi) is 4.88. The third-order valence-corrected chi connectivity index (χ3v) is 5.87. The number of fused-ring (bicyclic) bond motifs is 1. The number of methoxy groups -OCH3 is 1. The number of ether oxygens (including phenoxy) is 1. The highest BCUT2D eigenvalue weighted by Gasteiger charge is 2.22. The fraction of sp³-hybridized carbons (Fsp3) is 0.182. The van der Waals surface area contributed by atoms with E-state index in [2.05, 4.69) is 27.0 Å². The summed E-state index contributed by atoms with van der Waals surface area (Å²) in [6, 6.07) is 15.7. The van der Waals surface area contributed by atoms with Gasteiger partial charge in [-0.1, -0.05) is 18.2 Å². The summed E-state index contributed by atoms with van der Waals surface area (Å²) >= 11 is 1.42. The topological polar surface area (TPSA) is 56.1 Å². The number of amides is 1. The molecule has 6 heteroatoms. The number of benzene rings is 1. The number of hydrogen-bond donors (Lipinski definition) is 1. The van der Waals surface area contributed by atoms with Gasteiger partial charge in [0, 0.05) is 35.1 Å². The van der Waals surface area contributed by atoms with Gasteiger partial charge in [-0.3, -0.25) is 4.79 Å². The fourth-order valence-electron chi connectivity index (χ4n) is 3.42. The SMILES string of the molecule is COc1ccccc1CNC(=O)c1sc2ncccc2c1-n1c(C)ccc1C. The molecule has 1 amide bonds. The maximum Gasteiger partial charge on any atom is 0.263 e. The van der Waals surface area contributed by atoms with Crippen LogP contribution < -0.4 is 10.1 Å². The van der Waals surface area contributed by atoms with Gasteiger partial charge in [0.2, 0.25) is 0 Å². The van der Waals surface area contributed by atoms with Crippen LogP contribution in [0.2, 0.25) is 0 Å². The van der Waals surface area contributed by atoms with Crippen LogP contribution >= 0.6 is 11.3 Å². The van der Waals surface area contributed by atoms with Crippen molar-refractivity contribution in [1.82, 2.24) is 14.9 Å². The van der Waals surface area contributed by atoms with Gasteiger partial charge in [-0.15, -0.1) is 11.3 Å². The second kappa shape index (κ2) is 7.48. The quantitative estimate of drug-likeness (QED) is 0.539. The molecule has 1 N–H and O–H groups in total. The molecule has 0 saturated carbocycles. The number of hydrogen-bond acceptors (Lipinski definition) is 4. The van der Waals surface area contributed by atoms with Crippen molar-refractivity contribution in [2.75, 3.05) is 7.11 Å². The maximum atomic E-state index is 13.1. The van der Waals surface area contributed by atoms with Crippen LogP contribution in [0.3, 0.4) is 0 Å². The molecule has 3 heterocycles. The van der Waals surface area contributed by atoms with Crippen LogP contribution in [0.1, 0.15) is 26.6 Å². The third-order valence-electron chi connectivity index (χ3n) is 4.77. The van der Waals surface area contributed by atoms with Gasteiger partial charge in [-0.2, -0.15) is 0 Å². The van der Waals surface area contributed by atoms with E-state index in [1.54, 1.807) is 13.3 Å². The molecule has 4 aromatic rings. The zero-order valence-corrected chi connectivity index (χ0v) is 16.8. The van der Waals surface area contributed by atoms with Crippen molar-refractivity contribution >= 4 is 27.5 Å². The molecule has 142 valence electrons. The molecule has 4 rings (SSSR count). The number of aromatic nitrogens is 2. The fourth-order valence-corrected chi connectivity index (χ4v) is 4.47. The molecular formula is C22H21N3O2S. The Bertz CT molecular complexity index is 1140. The van der Waals surface area contributed by atoms with E-state index in [9.17, 15) is 4.79 Å². The van der Waals surface area contributed by atoms with Gasteiger partial charge in [0.25, 0.3) is 5.91 Å². The summed E-state index contributed by atoms with van der Waals surface area (Å²) in [5, 5.41) is 4.03. The third kappa shape index (κ3) is 3.16. The van der Waals surface area contributed by atoms with E-state index >= 15 is 0 Å². The number of aryl methyl sites for hydroxylation is 2. The lowest BCUT2D eigenvalue weighted by molar-refractivity contribution is 0.0955. The molecule has 0 saturated heterocycles. The van der Waals surface area contributed by atoms with Gasteiger partial charge >= 0.3 is 0 Å². The van der Waals surface area contributed by atoms with Crippen LogP contribution in [0.25, 0.3) is 15.9 Å². The Labute approximate surface area is 167 Å². The van der Waals surface area contributed by atoms with Crippen molar-refractivity contribution in [3.8, 4) is 11.4 Å². The van der Waals surface area contributed by atoms with Crippen molar-refractivity contribution in [2.24, 2.45) is 0 Å². The van der Waals surface area contributed by atoms with Crippen molar-refractivity contribution in [2.45, 2.75) is 20.4 Å². The summed E-state index contributed by atoms with van der Waals surface area (Å²) in [7, 11) is 1.63. The van der Waals surface area contributed by atoms with Crippen LogP contribution in [0.5, 0.6) is 5.75 Å². The van der Waals surface area contributed by atoms with Crippen LogP contribution in [0.4, 0.5) is 0 Å². The van der Waals surface area contributed by atoms with Crippen molar-refractivity contribution < 1.29 is 9.53 Å². The number of pyridine rings is 1. The highest BCUT2D eigenvalue weighted by atomic mass is 32.1.